The highest BCUT2D eigenvalue weighted by Gasteiger charge is 2.36. The number of aliphatic hydroxyl groups is 1. The molecule has 37 heavy (non-hydrogen) atoms. The van der Waals surface area contributed by atoms with E-state index in [1.165, 1.54) is 26.0 Å². The van der Waals surface area contributed by atoms with Gasteiger partial charge in [-0.3, -0.25) is 23.7 Å². The van der Waals surface area contributed by atoms with Crippen molar-refractivity contribution >= 4 is 25.3 Å². The van der Waals surface area contributed by atoms with Gasteiger partial charge in [-0.15, -0.1) is 0 Å². The molecular weight excluding hydrogens is 536 g/mol. The highest BCUT2D eigenvalue weighted by molar-refractivity contribution is 7.52. The van der Waals surface area contributed by atoms with Gasteiger partial charge < -0.3 is 19.1 Å². The molecule has 0 spiro atoms. The summed E-state index contributed by atoms with van der Waals surface area (Å²) in [6.45, 7) is 3.97. The number of para-hydroxylation sites is 1. The van der Waals surface area contributed by atoms with Gasteiger partial charge in [0, 0.05) is 12.3 Å². The number of H-pyrrole nitrogens is 1. The van der Waals surface area contributed by atoms with Crippen LogP contribution in [0.5, 0.6) is 5.75 Å². The maximum Gasteiger partial charge on any atom is 0.459 e. The van der Waals surface area contributed by atoms with Crippen molar-refractivity contribution in [2.24, 2.45) is 0 Å². The van der Waals surface area contributed by atoms with Crippen LogP contribution in [0.15, 0.2) is 52.2 Å². The molecule has 0 saturated heterocycles. The molecule has 2 aromatic rings. The zero-order valence-electron chi connectivity index (χ0n) is 20.4. The molecule has 0 aliphatic rings. The predicted molar refractivity (Wildman–Crippen MR) is 132 cm³/mol. The number of benzene rings is 1. The largest absolute Gasteiger partial charge is 0.465 e. The van der Waals surface area contributed by atoms with Gasteiger partial charge in [-0.2, -0.15) is 5.09 Å². The standard InChI is InChI=1S/C22H30ClFN3O9P/c1-4-12-33-21(30)14(2)26-37(32,36-16-8-6-5-7-9-16)34-13-17(19(29)20(23)24)35-15(3)27-11-10-18(28)25-22(27)31/h5-11,14-15,17,19-20,29H,4,12-13H2,1-3H3,(H,26,32)(H,25,28,31)/t14-,15+,17?,19?,20?,37?/m0/s1. The normalized spacial score (nSPS) is 17.1. The second-order valence-electron chi connectivity index (χ2n) is 7.83. The van der Waals surface area contributed by atoms with E-state index in [0.29, 0.717) is 6.42 Å². The summed E-state index contributed by atoms with van der Waals surface area (Å²) in [5.41, 5.74) is -3.79. The molecule has 0 aliphatic heterocycles. The van der Waals surface area contributed by atoms with E-state index < -0.39 is 61.7 Å². The van der Waals surface area contributed by atoms with Crippen LogP contribution in [0.1, 0.15) is 33.4 Å². The van der Waals surface area contributed by atoms with Gasteiger partial charge in [-0.05, 0) is 32.4 Å². The summed E-state index contributed by atoms with van der Waals surface area (Å²) >= 11 is 5.41. The monoisotopic (exact) mass is 565 g/mol. The molecule has 0 saturated carbocycles. The number of alkyl halides is 2. The Labute approximate surface area is 217 Å². The van der Waals surface area contributed by atoms with Crippen LogP contribution >= 0.6 is 19.3 Å². The first-order valence-electron chi connectivity index (χ1n) is 11.3. The number of carbonyl (C=O) groups is 1. The van der Waals surface area contributed by atoms with Crippen LogP contribution < -0.4 is 20.9 Å². The van der Waals surface area contributed by atoms with Gasteiger partial charge in [-0.1, -0.05) is 36.7 Å². The Balaban J connectivity index is 2.26. The molecule has 12 nitrogen and oxygen atoms in total. The molecular formula is C22H30ClFN3O9P. The minimum Gasteiger partial charge on any atom is -0.465 e. The average Bonchev–Trinajstić information content (AvgIpc) is 2.84. The van der Waals surface area contributed by atoms with Crippen LogP contribution in [0, 0.1) is 0 Å². The minimum atomic E-state index is -4.36. The van der Waals surface area contributed by atoms with Crippen LogP contribution in [-0.4, -0.2) is 57.7 Å². The predicted octanol–water partition coefficient (Wildman–Crippen LogP) is 2.47. The van der Waals surface area contributed by atoms with Gasteiger partial charge in [0.2, 0.25) is 5.63 Å². The fourth-order valence-electron chi connectivity index (χ4n) is 2.91. The second kappa shape index (κ2) is 14.4. The molecule has 4 unspecified atom stereocenters. The van der Waals surface area contributed by atoms with E-state index in [0.717, 1.165) is 16.8 Å². The van der Waals surface area contributed by atoms with E-state index in [4.69, 9.17) is 30.1 Å². The van der Waals surface area contributed by atoms with E-state index in [9.17, 15) is 28.4 Å². The smallest absolute Gasteiger partial charge is 0.459 e. The van der Waals surface area contributed by atoms with Gasteiger partial charge >= 0.3 is 19.4 Å². The first-order chi connectivity index (χ1) is 17.5. The third kappa shape index (κ3) is 9.69. The third-order valence-electron chi connectivity index (χ3n) is 4.79. The van der Waals surface area contributed by atoms with E-state index in [-0.39, 0.29) is 12.4 Å². The Kier molecular flexibility index (Phi) is 12.0. The van der Waals surface area contributed by atoms with Crippen molar-refractivity contribution < 1.29 is 37.4 Å². The van der Waals surface area contributed by atoms with Crippen LogP contribution in [-0.2, 0) is 23.4 Å². The van der Waals surface area contributed by atoms with Gasteiger partial charge in [0.25, 0.3) is 5.56 Å². The number of aromatic amines is 1. The number of rotatable bonds is 15. The van der Waals surface area contributed by atoms with Crippen LogP contribution in [0.4, 0.5) is 4.39 Å². The molecule has 1 aromatic heterocycles. The molecule has 0 amide bonds. The Morgan fingerprint density at radius 3 is 2.51 bits per heavy atom. The molecule has 206 valence electrons. The van der Waals surface area contributed by atoms with Gasteiger partial charge in [0.05, 0.1) is 13.2 Å². The maximum atomic E-state index is 13.8. The second-order valence-corrected chi connectivity index (χ2v) is 9.94. The lowest BCUT2D eigenvalue weighted by molar-refractivity contribution is -0.145. The van der Waals surface area contributed by atoms with Gasteiger partial charge in [0.1, 0.15) is 30.2 Å². The molecule has 1 aromatic carbocycles. The lowest BCUT2D eigenvalue weighted by Gasteiger charge is -2.29. The molecule has 0 radical (unpaired) electrons. The SMILES string of the molecule is CCCOC(=O)[C@H](C)NP(=O)(OCC(O[C@H](C)n1ccc(=O)[nH]c1=O)C(O)C(F)Cl)Oc1ccccc1. The number of aliphatic hydroxyl groups excluding tert-OH is 1. The van der Waals surface area contributed by atoms with E-state index in [1.807, 2.05) is 4.98 Å². The Morgan fingerprint density at radius 1 is 1.24 bits per heavy atom. The van der Waals surface area contributed by atoms with Gasteiger partial charge in [-0.25, -0.2) is 13.8 Å². The Bertz CT molecular complexity index is 1160. The molecule has 1 heterocycles. The zero-order chi connectivity index (χ0) is 27.6. The van der Waals surface area contributed by atoms with Gasteiger partial charge in [0.15, 0.2) is 0 Å². The number of hydrogen-bond donors (Lipinski definition) is 3. The Hall–Kier alpha value is -2.54. The lowest BCUT2D eigenvalue weighted by atomic mass is 10.2. The van der Waals surface area contributed by atoms with Crippen LogP contribution in [0.3, 0.4) is 0 Å². The molecule has 0 fully saturated rings. The number of nitrogens with zero attached hydrogens (tertiary/aromatic N) is 1. The number of ether oxygens (including phenoxy) is 2. The van der Waals surface area contributed by atoms with E-state index in [2.05, 4.69) is 5.09 Å². The number of aromatic nitrogens is 2. The minimum absolute atomic E-state index is 0.124. The number of carbonyl (C=O) groups excluding carboxylic acids is 1. The zero-order valence-corrected chi connectivity index (χ0v) is 22.1. The number of nitrogens with one attached hydrogen (secondary N) is 2. The quantitative estimate of drug-likeness (QED) is 0.166. The fourth-order valence-corrected chi connectivity index (χ4v) is 4.58. The number of esters is 1. The summed E-state index contributed by atoms with van der Waals surface area (Å²) in [5, 5.41) is 12.7. The summed E-state index contributed by atoms with van der Waals surface area (Å²) < 4.78 is 49.9. The summed E-state index contributed by atoms with van der Waals surface area (Å²) in [6.07, 6.45) is -2.99. The third-order valence-corrected chi connectivity index (χ3v) is 6.69. The van der Waals surface area contributed by atoms with E-state index in [1.54, 1.807) is 25.1 Å². The topological polar surface area (TPSA) is 158 Å². The summed E-state index contributed by atoms with van der Waals surface area (Å²) in [4.78, 5) is 37.6. The first-order valence-corrected chi connectivity index (χ1v) is 13.3. The fraction of sp³-hybridized carbons (Fsp3) is 0.500. The van der Waals surface area contributed by atoms with Crippen molar-refractivity contribution in [1.29, 1.82) is 0 Å². The van der Waals surface area contributed by atoms with Crippen molar-refractivity contribution in [3.63, 3.8) is 0 Å². The van der Waals surface area contributed by atoms with Crippen molar-refractivity contribution in [3.8, 4) is 5.75 Å². The van der Waals surface area contributed by atoms with Crippen molar-refractivity contribution in [2.45, 2.75) is 57.3 Å². The highest BCUT2D eigenvalue weighted by atomic mass is 35.5. The van der Waals surface area contributed by atoms with Crippen molar-refractivity contribution in [1.82, 2.24) is 14.6 Å². The molecule has 0 aliphatic carbocycles. The highest BCUT2D eigenvalue weighted by Crippen LogP contribution is 2.45. The summed E-state index contributed by atoms with van der Waals surface area (Å²) in [5.74, 6) is -0.592. The Morgan fingerprint density at radius 2 is 1.92 bits per heavy atom. The van der Waals surface area contributed by atoms with Crippen LogP contribution in [0.25, 0.3) is 0 Å². The molecule has 3 N–H and O–H groups in total. The van der Waals surface area contributed by atoms with Crippen molar-refractivity contribution in [2.75, 3.05) is 13.2 Å². The molecule has 2 rings (SSSR count). The molecule has 6 atom stereocenters. The summed E-state index contributed by atoms with van der Waals surface area (Å²) in [6, 6.07) is 7.82. The van der Waals surface area contributed by atoms with Crippen LogP contribution in [0.2, 0.25) is 0 Å². The lowest BCUT2D eigenvalue weighted by Crippen LogP contribution is -2.42. The number of halogens is 2. The molecule has 15 heteroatoms. The van der Waals surface area contributed by atoms with Crippen molar-refractivity contribution in [3.05, 3.63) is 63.4 Å². The number of hydrogen-bond acceptors (Lipinski definition) is 9. The maximum absolute atomic E-state index is 13.8. The first kappa shape index (κ1) is 30.7. The molecule has 0 bridgehead atoms. The van der Waals surface area contributed by atoms with E-state index >= 15 is 0 Å². The average molecular weight is 566 g/mol. The summed E-state index contributed by atoms with van der Waals surface area (Å²) in [7, 11) is -4.36.